The van der Waals surface area contributed by atoms with Crippen molar-refractivity contribution in [1.82, 2.24) is 10.0 Å². The van der Waals surface area contributed by atoms with Crippen molar-refractivity contribution in [3.05, 3.63) is 35.4 Å². The Morgan fingerprint density at radius 2 is 2.00 bits per heavy atom. The van der Waals surface area contributed by atoms with E-state index in [1.165, 1.54) is 0 Å². The molecule has 1 amide bonds. The highest BCUT2D eigenvalue weighted by molar-refractivity contribution is 7.90. The first kappa shape index (κ1) is 18.4. The van der Waals surface area contributed by atoms with Gasteiger partial charge in [0, 0.05) is 12.6 Å². The molecule has 0 atom stereocenters. The molecule has 0 aromatic heterocycles. The summed E-state index contributed by atoms with van der Waals surface area (Å²) < 4.78 is 26.8. The molecule has 1 aromatic carbocycles. The SMILES string of the molecule is CC1CCC(NS(=O)(=O)CC(=O)NCc2cccc(C#N)c2)CC1. The summed E-state index contributed by atoms with van der Waals surface area (Å²) in [6.07, 6.45) is 3.66. The highest BCUT2D eigenvalue weighted by Gasteiger charge is 2.24. The summed E-state index contributed by atoms with van der Waals surface area (Å²) in [7, 11) is -3.63. The maximum absolute atomic E-state index is 12.1. The molecule has 6 nitrogen and oxygen atoms in total. The summed E-state index contributed by atoms with van der Waals surface area (Å²) in [6, 6.07) is 8.79. The maximum Gasteiger partial charge on any atom is 0.236 e. The van der Waals surface area contributed by atoms with Gasteiger partial charge in [-0.05, 0) is 49.3 Å². The minimum atomic E-state index is -3.63. The summed E-state index contributed by atoms with van der Waals surface area (Å²) in [5.74, 6) is -0.482. The van der Waals surface area contributed by atoms with Gasteiger partial charge in [-0.1, -0.05) is 19.1 Å². The number of benzene rings is 1. The molecule has 1 aromatic rings. The van der Waals surface area contributed by atoms with E-state index in [-0.39, 0.29) is 12.6 Å². The van der Waals surface area contributed by atoms with Gasteiger partial charge < -0.3 is 5.32 Å². The van der Waals surface area contributed by atoms with Crippen LogP contribution in [0, 0.1) is 17.2 Å². The fourth-order valence-corrected chi connectivity index (χ4v) is 4.12. The number of carbonyl (C=O) groups excluding carboxylic acids is 1. The second-order valence-electron chi connectivity index (χ2n) is 6.42. The van der Waals surface area contributed by atoms with Gasteiger partial charge in [0.2, 0.25) is 15.9 Å². The Labute approximate surface area is 143 Å². The molecule has 7 heteroatoms. The lowest BCUT2D eigenvalue weighted by Crippen LogP contribution is -2.42. The van der Waals surface area contributed by atoms with Crippen molar-refractivity contribution in [3.8, 4) is 6.07 Å². The van der Waals surface area contributed by atoms with Gasteiger partial charge in [0.1, 0.15) is 5.75 Å². The number of amides is 1. The monoisotopic (exact) mass is 349 g/mol. The third-order valence-electron chi connectivity index (χ3n) is 4.23. The number of sulfonamides is 1. The summed E-state index contributed by atoms with van der Waals surface area (Å²) in [6.45, 7) is 2.37. The quantitative estimate of drug-likeness (QED) is 0.816. The molecule has 0 aliphatic heterocycles. The molecule has 0 radical (unpaired) electrons. The van der Waals surface area contributed by atoms with Crippen molar-refractivity contribution < 1.29 is 13.2 Å². The molecule has 0 bridgehead atoms. The molecular weight excluding hydrogens is 326 g/mol. The average molecular weight is 349 g/mol. The van der Waals surface area contributed by atoms with Gasteiger partial charge >= 0.3 is 0 Å². The van der Waals surface area contributed by atoms with E-state index in [4.69, 9.17) is 5.26 Å². The van der Waals surface area contributed by atoms with E-state index in [9.17, 15) is 13.2 Å². The molecule has 0 saturated heterocycles. The third kappa shape index (κ3) is 5.95. The van der Waals surface area contributed by atoms with Crippen molar-refractivity contribution in [2.75, 3.05) is 5.75 Å². The van der Waals surface area contributed by atoms with Crippen LogP contribution in [0.1, 0.15) is 43.7 Å². The summed E-state index contributed by atoms with van der Waals surface area (Å²) >= 11 is 0. The van der Waals surface area contributed by atoms with Gasteiger partial charge in [-0.15, -0.1) is 0 Å². The Balaban J connectivity index is 1.81. The summed E-state index contributed by atoms with van der Waals surface area (Å²) in [5.41, 5.74) is 1.26. The zero-order valence-electron chi connectivity index (χ0n) is 13.8. The highest BCUT2D eigenvalue weighted by Crippen LogP contribution is 2.23. The van der Waals surface area contributed by atoms with Crippen LogP contribution in [0.5, 0.6) is 0 Å². The zero-order chi connectivity index (χ0) is 17.6. The number of hydrogen-bond acceptors (Lipinski definition) is 4. The van der Waals surface area contributed by atoms with E-state index in [2.05, 4.69) is 17.0 Å². The van der Waals surface area contributed by atoms with E-state index < -0.39 is 21.7 Å². The van der Waals surface area contributed by atoms with Gasteiger partial charge in [-0.3, -0.25) is 4.79 Å². The van der Waals surface area contributed by atoms with Crippen molar-refractivity contribution in [3.63, 3.8) is 0 Å². The highest BCUT2D eigenvalue weighted by atomic mass is 32.2. The van der Waals surface area contributed by atoms with E-state index in [0.717, 1.165) is 31.2 Å². The largest absolute Gasteiger partial charge is 0.351 e. The van der Waals surface area contributed by atoms with E-state index in [0.29, 0.717) is 11.5 Å². The number of carbonyl (C=O) groups is 1. The Kier molecular flexibility index (Phi) is 6.35. The van der Waals surface area contributed by atoms with Crippen molar-refractivity contribution in [2.45, 2.75) is 45.2 Å². The topological polar surface area (TPSA) is 99.1 Å². The van der Waals surface area contributed by atoms with E-state index >= 15 is 0 Å². The predicted molar refractivity (Wildman–Crippen MR) is 91.3 cm³/mol. The summed E-state index contributed by atoms with van der Waals surface area (Å²) in [5, 5.41) is 11.4. The number of rotatable bonds is 6. The van der Waals surface area contributed by atoms with Crippen LogP contribution in [0.3, 0.4) is 0 Å². The van der Waals surface area contributed by atoms with Crippen LogP contribution in [0.15, 0.2) is 24.3 Å². The first-order valence-electron chi connectivity index (χ1n) is 8.13. The van der Waals surface area contributed by atoms with Gasteiger partial charge in [0.25, 0.3) is 0 Å². The van der Waals surface area contributed by atoms with E-state index in [1.807, 2.05) is 6.07 Å². The van der Waals surface area contributed by atoms with Crippen molar-refractivity contribution in [1.29, 1.82) is 5.26 Å². The Hall–Kier alpha value is -1.91. The molecule has 0 unspecified atom stereocenters. The standard InChI is InChI=1S/C17H23N3O3S/c1-13-5-7-16(8-6-13)20-24(22,23)12-17(21)19-11-15-4-2-3-14(9-15)10-18/h2-4,9,13,16,20H,5-8,11-12H2,1H3,(H,19,21). The lowest BCUT2D eigenvalue weighted by atomic mass is 9.88. The number of hydrogen-bond donors (Lipinski definition) is 2. The molecule has 24 heavy (non-hydrogen) atoms. The molecular formula is C17H23N3O3S. The Bertz CT molecular complexity index is 717. The minimum absolute atomic E-state index is 0.0636. The molecule has 1 saturated carbocycles. The molecule has 1 aliphatic rings. The number of nitriles is 1. The fourth-order valence-electron chi connectivity index (χ4n) is 2.85. The van der Waals surface area contributed by atoms with Crippen LogP contribution in [0.4, 0.5) is 0 Å². The second kappa shape index (κ2) is 8.27. The first-order chi connectivity index (χ1) is 11.4. The van der Waals surface area contributed by atoms with Gasteiger partial charge in [-0.25, -0.2) is 13.1 Å². The Morgan fingerprint density at radius 1 is 1.29 bits per heavy atom. The number of nitrogens with zero attached hydrogens (tertiary/aromatic N) is 1. The van der Waals surface area contributed by atoms with Gasteiger partial charge in [-0.2, -0.15) is 5.26 Å². The minimum Gasteiger partial charge on any atom is -0.351 e. The zero-order valence-corrected chi connectivity index (χ0v) is 14.6. The van der Waals surface area contributed by atoms with Crippen molar-refractivity contribution >= 4 is 15.9 Å². The van der Waals surface area contributed by atoms with Gasteiger partial charge in [0.15, 0.2) is 0 Å². The fraction of sp³-hybridized carbons (Fsp3) is 0.529. The molecule has 0 heterocycles. The second-order valence-corrected chi connectivity index (χ2v) is 8.18. The molecule has 0 spiro atoms. The van der Waals surface area contributed by atoms with Crippen LogP contribution in [0.25, 0.3) is 0 Å². The predicted octanol–water partition coefficient (Wildman–Crippen LogP) is 1.67. The molecule has 2 N–H and O–H groups in total. The lowest BCUT2D eigenvalue weighted by Gasteiger charge is -2.26. The molecule has 1 fully saturated rings. The van der Waals surface area contributed by atoms with Crippen LogP contribution in [-0.2, 0) is 21.4 Å². The molecule has 130 valence electrons. The van der Waals surface area contributed by atoms with Gasteiger partial charge in [0.05, 0.1) is 11.6 Å². The lowest BCUT2D eigenvalue weighted by molar-refractivity contribution is -0.118. The van der Waals surface area contributed by atoms with E-state index in [1.54, 1.807) is 24.3 Å². The third-order valence-corrected chi connectivity index (χ3v) is 5.56. The Morgan fingerprint density at radius 3 is 2.67 bits per heavy atom. The van der Waals surface area contributed by atoms with Crippen LogP contribution in [0.2, 0.25) is 0 Å². The number of nitrogens with one attached hydrogen (secondary N) is 2. The average Bonchev–Trinajstić information content (AvgIpc) is 2.54. The van der Waals surface area contributed by atoms with Crippen LogP contribution < -0.4 is 10.0 Å². The maximum atomic E-state index is 12.1. The smallest absolute Gasteiger partial charge is 0.236 e. The normalized spacial score (nSPS) is 21.0. The van der Waals surface area contributed by atoms with Crippen LogP contribution >= 0.6 is 0 Å². The van der Waals surface area contributed by atoms with Crippen LogP contribution in [-0.4, -0.2) is 26.1 Å². The first-order valence-corrected chi connectivity index (χ1v) is 9.79. The summed E-state index contributed by atoms with van der Waals surface area (Å²) in [4.78, 5) is 11.9. The molecule has 1 aliphatic carbocycles. The van der Waals surface area contributed by atoms with Crippen molar-refractivity contribution in [2.24, 2.45) is 5.92 Å². The molecule has 2 rings (SSSR count).